The van der Waals surface area contributed by atoms with Crippen LogP contribution in [0.1, 0.15) is 162 Å². The van der Waals surface area contributed by atoms with E-state index in [0.29, 0.717) is 6.42 Å². The van der Waals surface area contributed by atoms with Gasteiger partial charge in [0.05, 0.1) is 13.2 Å². The molecule has 0 radical (unpaired) electrons. The van der Waals surface area contributed by atoms with E-state index in [1.165, 1.54) is 51.4 Å². The lowest BCUT2D eigenvalue weighted by Gasteiger charge is -2.15. The Morgan fingerprint density at radius 2 is 1.17 bits per heavy atom. The van der Waals surface area contributed by atoms with Crippen LogP contribution >= 0.6 is 7.82 Å². The van der Waals surface area contributed by atoms with E-state index in [0.717, 1.165) is 83.5 Å². The zero-order chi connectivity index (χ0) is 35.4. The van der Waals surface area contributed by atoms with Crippen molar-refractivity contribution in [2.75, 3.05) is 26.4 Å². The SMILES string of the molecule is CCC/C=C\C/C=C\CCCCCCCC(=O)OCC(O)COP(=O)(O)OCCNC(=O)CCCCCCC/C=C\CCCCCCC. The maximum atomic E-state index is 12.0. The molecule has 0 aliphatic carbocycles. The maximum absolute atomic E-state index is 12.0. The van der Waals surface area contributed by atoms with Crippen LogP contribution in [0.3, 0.4) is 0 Å². The van der Waals surface area contributed by atoms with Gasteiger partial charge in [-0.15, -0.1) is 0 Å². The van der Waals surface area contributed by atoms with Gasteiger partial charge in [-0.05, 0) is 64.2 Å². The number of carbonyl (C=O) groups is 2. The second-order valence-corrected chi connectivity index (χ2v) is 14.0. The molecule has 2 unspecified atom stereocenters. The fraction of sp³-hybridized carbons (Fsp3) is 0.789. The highest BCUT2D eigenvalue weighted by Crippen LogP contribution is 2.42. The first-order valence-electron chi connectivity index (χ1n) is 19.0. The Balaban J connectivity index is 3.66. The maximum Gasteiger partial charge on any atom is 0.472 e. The van der Waals surface area contributed by atoms with Crippen molar-refractivity contribution >= 4 is 19.7 Å². The number of ether oxygens (including phenoxy) is 1. The van der Waals surface area contributed by atoms with Crippen LogP contribution in [0.4, 0.5) is 0 Å². The summed E-state index contributed by atoms with van der Waals surface area (Å²) < 4.78 is 26.7. The molecule has 0 heterocycles. The molecule has 3 N–H and O–H groups in total. The number of hydrogen-bond acceptors (Lipinski definition) is 7. The van der Waals surface area contributed by atoms with Gasteiger partial charge < -0.3 is 20.1 Å². The lowest BCUT2D eigenvalue weighted by atomic mass is 10.1. The molecule has 0 fully saturated rings. The third-order valence-corrected chi connectivity index (χ3v) is 8.76. The summed E-state index contributed by atoms with van der Waals surface area (Å²) in [5.74, 6) is -0.542. The van der Waals surface area contributed by atoms with Crippen LogP contribution in [0.5, 0.6) is 0 Å². The molecule has 9 nitrogen and oxygen atoms in total. The van der Waals surface area contributed by atoms with E-state index in [4.69, 9.17) is 13.8 Å². The van der Waals surface area contributed by atoms with Crippen LogP contribution in [0.25, 0.3) is 0 Å². The van der Waals surface area contributed by atoms with E-state index in [1.54, 1.807) is 0 Å². The fourth-order valence-corrected chi connectivity index (χ4v) is 5.64. The number of aliphatic hydroxyl groups is 1. The summed E-state index contributed by atoms with van der Waals surface area (Å²) in [6, 6.07) is 0. The zero-order valence-corrected chi connectivity index (χ0v) is 31.3. The topological polar surface area (TPSA) is 131 Å². The van der Waals surface area contributed by atoms with Crippen molar-refractivity contribution in [3.8, 4) is 0 Å². The quantitative estimate of drug-likeness (QED) is 0.0258. The molecular formula is C38H70NO8P. The first-order chi connectivity index (χ1) is 23.3. The van der Waals surface area contributed by atoms with E-state index in [1.807, 2.05) is 0 Å². The summed E-state index contributed by atoms with van der Waals surface area (Å²) in [4.78, 5) is 33.7. The van der Waals surface area contributed by atoms with Gasteiger partial charge in [0.15, 0.2) is 0 Å². The van der Waals surface area contributed by atoms with Gasteiger partial charge in [0, 0.05) is 19.4 Å². The van der Waals surface area contributed by atoms with Crippen LogP contribution in [0.2, 0.25) is 0 Å². The van der Waals surface area contributed by atoms with Gasteiger partial charge in [-0.25, -0.2) is 4.57 Å². The minimum absolute atomic E-state index is 0.0753. The number of carbonyl (C=O) groups excluding carboxylic acids is 2. The summed E-state index contributed by atoms with van der Waals surface area (Å²) in [7, 11) is -4.41. The summed E-state index contributed by atoms with van der Waals surface area (Å²) in [5.41, 5.74) is 0. The molecule has 0 bridgehead atoms. The molecule has 1 amide bonds. The molecule has 0 spiro atoms. The Morgan fingerprint density at radius 3 is 1.77 bits per heavy atom. The number of nitrogens with one attached hydrogen (secondary N) is 1. The monoisotopic (exact) mass is 699 g/mol. The highest BCUT2D eigenvalue weighted by Gasteiger charge is 2.23. The average Bonchev–Trinajstić information content (AvgIpc) is 3.07. The van der Waals surface area contributed by atoms with Crippen LogP contribution in [0.15, 0.2) is 36.5 Å². The number of esters is 1. The zero-order valence-electron chi connectivity index (χ0n) is 30.4. The van der Waals surface area contributed by atoms with Crippen LogP contribution in [-0.4, -0.2) is 54.3 Å². The van der Waals surface area contributed by atoms with E-state index in [2.05, 4.69) is 55.6 Å². The minimum atomic E-state index is -4.41. The van der Waals surface area contributed by atoms with E-state index < -0.39 is 26.5 Å². The van der Waals surface area contributed by atoms with Gasteiger partial charge >= 0.3 is 13.8 Å². The number of rotatable bonds is 35. The second-order valence-electron chi connectivity index (χ2n) is 12.5. The first-order valence-corrected chi connectivity index (χ1v) is 20.5. The first kappa shape index (κ1) is 46.2. The molecule has 2 atom stereocenters. The van der Waals surface area contributed by atoms with E-state index in [-0.39, 0.29) is 32.1 Å². The Labute approximate surface area is 293 Å². The standard InChI is InChI=1S/C38H70NO8P/c1-3-5-7-9-11-13-15-17-19-20-22-24-26-28-30-37(41)39-32-33-46-48(43,44)47-35-36(40)34-45-38(42)31-29-27-25-23-21-18-16-14-12-10-8-6-4-2/h8,10,14-17,36,40H,3-7,9,11-13,18-35H2,1-2H3,(H,39,41)(H,43,44)/b10-8-,16-14-,17-15-. The van der Waals surface area contributed by atoms with Gasteiger partial charge in [0.2, 0.25) is 5.91 Å². The lowest BCUT2D eigenvalue weighted by molar-refractivity contribution is -0.147. The largest absolute Gasteiger partial charge is 0.472 e. The van der Waals surface area contributed by atoms with Crippen LogP contribution in [-0.2, 0) is 27.9 Å². The number of phosphoric acid groups is 1. The van der Waals surface area contributed by atoms with Crippen molar-refractivity contribution < 1.29 is 37.9 Å². The smallest absolute Gasteiger partial charge is 0.463 e. The molecule has 0 aliphatic rings. The predicted molar refractivity (Wildman–Crippen MR) is 197 cm³/mol. The van der Waals surface area contributed by atoms with Gasteiger partial charge in [-0.3, -0.25) is 18.6 Å². The molecule has 10 heteroatoms. The van der Waals surface area contributed by atoms with Gasteiger partial charge in [-0.2, -0.15) is 0 Å². The highest BCUT2D eigenvalue weighted by atomic mass is 31.2. The minimum Gasteiger partial charge on any atom is -0.463 e. The Morgan fingerprint density at radius 1 is 0.646 bits per heavy atom. The van der Waals surface area contributed by atoms with E-state index in [9.17, 15) is 24.2 Å². The van der Waals surface area contributed by atoms with Crippen LogP contribution < -0.4 is 5.32 Å². The number of aliphatic hydroxyl groups excluding tert-OH is 1. The molecule has 0 aromatic carbocycles. The average molecular weight is 700 g/mol. The third kappa shape index (κ3) is 35.5. The number of unbranched alkanes of at least 4 members (excludes halogenated alkanes) is 16. The van der Waals surface area contributed by atoms with Gasteiger partial charge in [-0.1, -0.05) is 121 Å². The van der Waals surface area contributed by atoms with E-state index >= 15 is 0 Å². The van der Waals surface area contributed by atoms with Crippen LogP contribution in [0, 0.1) is 0 Å². The van der Waals surface area contributed by atoms with Crippen molar-refractivity contribution in [3.63, 3.8) is 0 Å². The summed E-state index contributed by atoms with van der Waals surface area (Å²) in [6.45, 7) is 3.43. The molecular weight excluding hydrogens is 629 g/mol. The number of hydrogen-bond donors (Lipinski definition) is 3. The molecule has 0 aromatic rings. The van der Waals surface area contributed by atoms with Crippen molar-refractivity contribution in [2.24, 2.45) is 0 Å². The highest BCUT2D eigenvalue weighted by molar-refractivity contribution is 7.47. The molecule has 0 saturated carbocycles. The number of allylic oxidation sites excluding steroid dienone is 6. The van der Waals surface area contributed by atoms with Crippen molar-refractivity contribution in [1.82, 2.24) is 5.32 Å². The fourth-order valence-electron chi connectivity index (χ4n) is 4.88. The van der Waals surface area contributed by atoms with Crippen molar-refractivity contribution in [1.29, 1.82) is 0 Å². The summed E-state index contributed by atoms with van der Waals surface area (Å²) in [6.07, 6.45) is 36.4. The molecule has 48 heavy (non-hydrogen) atoms. The number of amides is 1. The lowest BCUT2D eigenvalue weighted by Crippen LogP contribution is -2.27. The molecule has 0 aromatic heterocycles. The Kier molecular flexibility index (Phi) is 33.8. The Bertz CT molecular complexity index is 892. The summed E-state index contributed by atoms with van der Waals surface area (Å²) >= 11 is 0. The van der Waals surface area contributed by atoms with Gasteiger partial charge in [0.25, 0.3) is 0 Å². The Hall–Kier alpha value is -1.77. The number of phosphoric ester groups is 1. The third-order valence-electron chi connectivity index (χ3n) is 7.77. The van der Waals surface area contributed by atoms with Crippen molar-refractivity contribution in [3.05, 3.63) is 36.5 Å². The normalized spacial score (nSPS) is 13.8. The van der Waals surface area contributed by atoms with Gasteiger partial charge in [0.1, 0.15) is 12.7 Å². The molecule has 0 aliphatic heterocycles. The molecule has 0 saturated heterocycles. The molecule has 0 rings (SSSR count). The summed E-state index contributed by atoms with van der Waals surface area (Å²) in [5, 5.41) is 12.6. The second kappa shape index (κ2) is 35.1. The van der Waals surface area contributed by atoms with Crippen molar-refractivity contribution in [2.45, 2.75) is 168 Å². The molecule has 280 valence electrons. The predicted octanol–water partition coefficient (Wildman–Crippen LogP) is 9.82.